The Labute approximate surface area is 106 Å². The van der Waals surface area contributed by atoms with Crippen LogP contribution in [0.25, 0.3) is 0 Å². The summed E-state index contributed by atoms with van der Waals surface area (Å²) in [6, 6.07) is 1.97. The van der Waals surface area contributed by atoms with Crippen LogP contribution in [0.3, 0.4) is 0 Å². The van der Waals surface area contributed by atoms with Crippen LogP contribution in [0.5, 0.6) is 0 Å². The van der Waals surface area contributed by atoms with Gasteiger partial charge in [0.15, 0.2) is 0 Å². The van der Waals surface area contributed by atoms with Crippen LogP contribution in [0, 0.1) is 5.92 Å². The predicted molar refractivity (Wildman–Crippen MR) is 69.1 cm³/mol. The van der Waals surface area contributed by atoms with E-state index >= 15 is 0 Å². The summed E-state index contributed by atoms with van der Waals surface area (Å²) in [4.78, 5) is 12.1. The van der Waals surface area contributed by atoms with Crippen LogP contribution >= 0.6 is 11.3 Å². The molecule has 17 heavy (non-hydrogen) atoms. The van der Waals surface area contributed by atoms with Crippen molar-refractivity contribution in [3.63, 3.8) is 0 Å². The fraction of sp³-hybridized carbons (Fsp3) is 0.615. The van der Waals surface area contributed by atoms with Gasteiger partial charge < -0.3 is 10.4 Å². The third kappa shape index (κ3) is 2.69. The lowest BCUT2D eigenvalue weighted by molar-refractivity contribution is -0.124. The zero-order valence-electron chi connectivity index (χ0n) is 10.3. The van der Waals surface area contributed by atoms with Crippen molar-refractivity contribution in [2.75, 3.05) is 6.61 Å². The van der Waals surface area contributed by atoms with Gasteiger partial charge in [-0.1, -0.05) is 0 Å². The van der Waals surface area contributed by atoms with Crippen molar-refractivity contribution in [2.24, 2.45) is 5.92 Å². The highest BCUT2D eigenvalue weighted by Crippen LogP contribution is 2.39. The fourth-order valence-electron chi connectivity index (χ4n) is 2.05. The molecule has 2 unspecified atom stereocenters. The zero-order valence-corrected chi connectivity index (χ0v) is 11.1. The van der Waals surface area contributed by atoms with Crippen molar-refractivity contribution in [1.82, 2.24) is 5.32 Å². The number of hydrogen-bond donors (Lipinski definition) is 2. The molecule has 0 spiro atoms. The Bertz CT molecular complexity index is 386. The number of amides is 1. The van der Waals surface area contributed by atoms with Crippen molar-refractivity contribution < 1.29 is 9.90 Å². The number of carbonyl (C=O) groups is 1. The molecule has 2 N–H and O–H groups in total. The van der Waals surface area contributed by atoms with Gasteiger partial charge in [0.25, 0.3) is 0 Å². The van der Waals surface area contributed by atoms with Gasteiger partial charge in [-0.2, -0.15) is 11.3 Å². The summed E-state index contributed by atoms with van der Waals surface area (Å²) in [5, 5.41) is 16.4. The number of hydrogen-bond acceptors (Lipinski definition) is 3. The normalized spacial score (nSPS) is 20.6. The molecule has 2 rings (SSSR count). The van der Waals surface area contributed by atoms with Crippen molar-refractivity contribution in [2.45, 2.75) is 38.1 Å². The molecule has 1 aromatic rings. The SMILES string of the molecule is CC(C(=O)NC(C)(CO)C1CC1)c1ccsc1. The Morgan fingerprint density at radius 1 is 1.71 bits per heavy atom. The maximum Gasteiger partial charge on any atom is 0.227 e. The summed E-state index contributed by atoms with van der Waals surface area (Å²) >= 11 is 1.60. The molecule has 0 aliphatic heterocycles. The summed E-state index contributed by atoms with van der Waals surface area (Å²) in [6.07, 6.45) is 2.20. The molecule has 1 aliphatic carbocycles. The molecule has 1 aliphatic rings. The Kier molecular flexibility index (Phi) is 3.54. The van der Waals surface area contributed by atoms with Crippen LogP contribution in [0.15, 0.2) is 16.8 Å². The highest BCUT2D eigenvalue weighted by Gasteiger charge is 2.42. The number of thiophene rings is 1. The van der Waals surface area contributed by atoms with Crippen molar-refractivity contribution in [3.05, 3.63) is 22.4 Å². The molecule has 1 aromatic heterocycles. The van der Waals surface area contributed by atoms with Crippen molar-refractivity contribution in [1.29, 1.82) is 0 Å². The molecule has 4 heteroatoms. The average Bonchev–Trinajstić information content (AvgIpc) is 3.05. The second kappa shape index (κ2) is 4.78. The lowest BCUT2D eigenvalue weighted by Gasteiger charge is -2.30. The van der Waals surface area contributed by atoms with E-state index in [2.05, 4.69) is 5.32 Å². The molecule has 1 fully saturated rings. The van der Waals surface area contributed by atoms with Gasteiger partial charge in [0.1, 0.15) is 0 Å². The van der Waals surface area contributed by atoms with Crippen molar-refractivity contribution in [3.8, 4) is 0 Å². The zero-order chi connectivity index (χ0) is 12.5. The molecule has 94 valence electrons. The van der Waals surface area contributed by atoms with Gasteiger partial charge in [-0.15, -0.1) is 0 Å². The van der Waals surface area contributed by atoms with E-state index in [9.17, 15) is 9.90 Å². The lowest BCUT2D eigenvalue weighted by atomic mass is 9.94. The van der Waals surface area contributed by atoms with Gasteiger partial charge in [0, 0.05) is 0 Å². The van der Waals surface area contributed by atoms with Crippen LogP contribution in [-0.4, -0.2) is 23.2 Å². The Balaban J connectivity index is 2.00. The lowest BCUT2D eigenvalue weighted by Crippen LogP contribution is -2.51. The monoisotopic (exact) mass is 253 g/mol. The topological polar surface area (TPSA) is 49.3 Å². The average molecular weight is 253 g/mol. The standard InChI is InChI=1S/C13H19NO2S/c1-9(10-5-6-17-7-10)12(16)14-13(2,8-15)11-3-4-11/h5-7,9,11,15H,3-4,8H2,1-2H3,(H,14,16). The first-order valence-corrected chi connectivity index (χ1v) is 6.96. The minimum Gasteiger partial charge on any atom is -0.394 e. The third-order valence-electron chi connectivity index (χ3n) is 3.65. The molecule has 1 saturated carbocycles. The minimum atomic E-state index is -0.443. The number of aliphatic hydroxyl groups is 1. The van der Waals surface area contributed by atoms with Crippen LogP contribution < -0.4 is 5.32 Å². The minimum absolute atomic E-state index is 0.00634. The molecule has 0 bridgehead atoms. The maximum atomic E-state index is 12.1. The second-order valence-corrected chi connectivity index (χ2v) is 5.90. The third-order valence-corrected chi connectivity index (χ3v) is 4.35. The maximum absolute atomic E-state index is 12.1. The van der Waals surface area contributed by atoms with Crippen molar-refractivity contribution >= 4 is 17.2 Å². The summed E-state index contributed by atoms with van der Waals surface area (Å²) < 4.78 is 0. The van der Waals surface area contributed by atoms with Crippen LogP contribution in [-0.2, 0) is 4.79 Å². The molecule has 1 heterocycles. The van der Waals surface area contributed by atoms with Gasteiger partial charge in [0.2, 0.25) is 5.91 Å². The highest BCUT2D eigenvalue weighted by atomic mass is 32.1. The molecular weight excluding hydrogens is 234 g/mol. The summed E-state index contributed by atoms with van der Waals surface area (Å²) in [6.45, 7) is 3.85. The van der Waals surface area contributed by atoms with Crippen LogP contribution in [0.1, 0.15) is 38.2 Å². The first-order chi connectivity index (χ1) is 8.07. The predicted octanol–water partition coefficient (Wildman–Crippen LogP) is 2.13. The first-order valence-electron chi connectivity index (χ1n) is 6.02. The molecule has 1 amide bonds. The molecule has 0 radical (unpaired) electrons. The summed E-state index contributed by atoms with van der Waals surface area (Å²) in [5.41, 5.74) is 0.602. The molecule has 2 atom stereocenters. The number of rotatable bonds is 5. The van der Waals surface area contributed by atoms with Crippen LogP contribution in [0.4, 0.5) is 0 Å². The smallest absolute Gasteiger partial charge is 0.227 e. The highest BCUT2D eigenvalue weighted by molar-refractivity contribution is 7.08. The summed E-state index contributed by atoms with van der Waals surface area (Å²) in [7, 11) is 0. The van der Waals surface area contributed by atoms with E-state index in [-0.39, 0.29) is 18.4 Å². The van der Waals surface area contributed by atoms with Gasteiger partial charge in [-0.25, -0.2) is 0 Å². The largest absolute Gasteiger partial charge is 0.394 e. The first kappa shape index (κ1) is 12.6. The van der Waals surface area contributed by atoms with E-state index in [1.165, 1.54) is 0 Å². The number of nitrogens with one attached hydrogen (secondary N) is 1. The van der Waals surface area contributed by atoms with E-state index < -0.39 is 5.54 Å². The van der Waals surface area contributed by atoms with E-state index in [1.807, 2.05) is 30.7 Å². The van der Waals surface area contributed by atoms with Gasteiger partial charge >= 0.3 is 0 Å². The van der Waals surface area contributed by atoms with E-state index in [1.54, 1.807) is 11.3 Å². The van der Waals surface area contributed by atoms with Gasteiger partial charge in [-0.3, -0.25) is 4.79 Å². The molecule has 0 aromatic carbocycles. The molecular formula is C13H19NO2S. The van der Waals surface area contributed by atoms with Gasteiger partial charge in [-0.05, 0) is 55.0 Å². The Morgan fingerprint density at radius 2 is 2.41 bits per heavy atom. The van der Waals surface area contributed by atoms with Crippen LogP contribution in [0.2, 0.25) is 0 Å². The summed E-state index contributed by atoms with van der Waals surface area (Å²) in [5.74, 6) is 0.295. The Morgan fingerprint density at radius 3 is 2.88 bits per heavy atom. The number of carbonyl (C=O) groups excluding carboxylic acids is 1. The molecule has 3 nitrogen and oxygen atoms in total. The number of aliphatic hydroxyl groups excluding tert-OH is 1. The Hall–Kier alpha value is -0.870. The van der Waals surface area contributed by atoms with E-state index in [0.717, 1.165) is 18.4 Å². The van der Waals surface area contributed by atoms with E-state index in [0.29, 0.717) is 5.92 Å². The van der Waals surface area contributed by atoms with Gasteiger partial charge in [0.05, 0.1) is 18.1 Å². The molecule has 0 saturated heterocycles. The fourth-order valence-corrected chi connectivity index (χ4v) is 2.81. The quantitative estimate of drug-likeness (QED) is 0.844. The second-order valence-electron chi connectivity index (χ2n) is 5.12. The van der Waals surface area contributed by atoms with E-state index in [4.69, 9.17) is 0 Å².